The lowest BCUT2D eigenvalue weighted by molar-refractivity contribution is -0.137. The molecule has 3 rings (SSSR count). The lowest BCUT2D eigenvalue weighted by Crippen LogP contribution is -2.24. The molecule has 0 spiro atoms. The summed E-state index contributed by atoms with van der Waals surface area (Å²) < 4.78 is 25.3. The monoisotopic (exact) mass is 444 g/mol. The number of esters is 1. The molecule has 0 saturated carbocycles. The highest BCUT2D eigenvalue weighted by Crippen LogP contribution is 2.24. The predicted octanol–water partition coefficient (Wildman–Crippen LogP) is 3.00. The second-order valence-corrected chi connectivity index (χ2v) is 7.16. The van der Waals surface area contributed by atoms with Gasteiger partial charge in [-0.05, 0) is 49.4 Å². The van der Waals surface area contributed by atoms with Crippen molar-refractivity contribution in [1.29, 1.82) is 0 Å². The van der Waals surface area contributed by atoms with Crippen LogP contribution in [0.25, 0.3) is 5.69 Å². The van der Waals surface area contributed by atoms with Crippen molar-refractivity contribution in [2.75, 3.05) is 19.5 Å². The molecule has 2 aromatic carbocycles. The number of hydrogen-bond donors (Lipinski definition) is 1. The highest BCUT2D eigenvalue weighted by Gasteiger charge is 2.17. The van der Waals surface area contributed by atoms with Gasteiger partial charge in [0.25, 0.3) is 5.91 Å². The zero-order valence-corrected chi connectivity index (χ0v) is 17.8. The summed E-state index contributed by atoms with van der Waals surface area (Å²) in [6.45, 7) is 2.49. The quantitative estimate of drug-likeness (QED) is 0.400. The normalized spacial score (nSPS) is 10.5. The van der Waals surface area contributed by atoms with Gasteiger partial charge in [0.2, 0.25) is 0 Å². The first-order valence-corrected chi connectivity index (χ1v) is 10.4. The van der Waals surface area contributed by atoms with Crippen molar-refractivity contribution in [1.82, 2.24) is 20.1 Å². The molecule has 0 unspecified atom stereocenters. The van der Waals surface area contributed by atoms with E-state index in [9.17, 15) is 14.0 Å². The van der Waals surface area contributed by atoms with E-state index >= 15 is 0 Å². The minimum atomic E-state index is -0.494. The van der Waals surface area contributed by atoms with Gasteiger partial charge in [-0.15, -0.1) is 10.2 Å². The van der Waals surface area contributed by atoms with Crippen LogP contribution in [0.15, 0.2) is 53.7 Å². The molecular formula is C21H21FN4O4S. The molecule has 0 aliphatic rings. The van der Waals surface area contributed by atoms with E-state index in [1.54, 1.807) is 4.57 Å². The second-order valence-electron chi connectivity index (χ2n) is 6.22. The van der Waals surface area contributed by atoms with Crippen molar-refractivity contribution in [2.45, 2.75) is 18.6 Å². The Morgan fingerprint density at radius 2 is 1.94 bits per heavy atom. The maximum Gasteiger partial charge on any atom is 0.316 e. The van der Waals surface area contributed by atoms with Crippen LogP contribution in [-0.2, 0) is 16.1 Å². The number of carbonyl (C=O) groups is 2. The van der Waals surface area contributed by atoms with E-state index < -0.39 is 17.7 Å². The summed E-state index contributed by atoms with van der Waals surface area (Å²) in [6, 6.07) is 12.7. The van der Waals surface area contributed by atoms with Crippen LogP contribution < -0.4 is 10.1 Å². The van der Waals surface area contributed by atoms with Crippen LogP contribution in [-0.4, -0.2) is 46.1 Å². The summed E-state index contributed by atoms with van der Waals surface area (Å²) in [4.78, 5) is 23.9. The van der Waals surface area contributed by atoms with Crippen molar-refractivity contribution in [2.24, 2.45) is 0 Å². The van der Waals surface area contributed by atoms with Gasteiger partial charge in [-0.2, -0.15) is 0 Å². The molecular weight excluding hydrogens is 423 g/mol. The molecule has 0 atom stereocenters. The number of rotatable bonds is 9. The predicted molar refractivity (Wildman–Crippen MR) is 113 cm³/mol. The van der Waals surface area contributed by atoms with Crippen molar-refractivity contribution < 1.29 is 23.5 Å². The summed E-state index contributed by atoms with van der Waals surface area (Å²) in [5.41, 5.74) is 0.934. The van der Waals surface area contributed by atoms with Crippen molar-refractivity contribution in [3.8, 4) is 11.4 Å². The fourth-order valence-corrected chi connectivity index (χ4v) is 3.50. The average molecular weight is 444 g/mol. The van der Waals surface area contributed by atoms with Crippen LogP contribution in [0.4, 0.5) is 4.39 Å². The van der Waals surface area contributed by atoms with E-state index in [0.717, 1.165) is 23.5 Å². The van der Waals surface area contributed by atoms with Crippen molar-refractivity contribution in [3.05, 3.63) is 65.7 Å². The number of carbonyl (C=O) groups excluding carboxylic acids is 2. The highest BCUT2D eigenvalue weighted by molar-refractivity contribution is 7.99. The third-order valence-corrected chi connectivity index (χ3v) is 5.05. The Balaban J connectivity index is 1.84. The minimum absolute atomic E-state index is 0.0499. The molecule has 0 bridgehead atoms. The Hall–Kier alpha value is -3.40. The number of benzene rings is 2. The van der Waals surface area contributed by atoms with Crippen LogP contribution in [0, 0.1) is 5.82 Å². The number of thioether (sulfide) groups is 1. The third kappa shape index (κ3) is 5.82. The molecule has 0 saturated heterocycles. The van der Waals surface area contributed by atoms with Gasteiger partial charge in [0, 0.05) is 11.3 Å². The van der Waals surface area contributed by atoms with Gasteiger partial charge in [0.1, 0.15) is 11.6 Å². The van der Waals surface area contributed by atoms with E-state index in [4.69, 9.17) is 4.74 Å². The van der Waals surface area contributed by atoms with Gasteiger partial charge in [0.15, 0.2) is 11.0 Å². The van der Waals surface area contributed by atoms with E-state index in [0.29, 0.717) is 23.3 Å². The topological polar surface area (TPSA) is 95.3 Å². The Kier molecular flexibility index (Phi) is 7.60. The molecule has 1 N–H and O–H groups in total. The summed E-state index contributed by atoms with van der Waals surface area (Å²) in [5.74, 6) is -0.116. The van der Waals surface area contributed by atoms with Crippen LogP contribution in [0.1, 0.15) is 23.1 Å². The van der Waals surface area contributed by atoms with Crippen molar-refractivity contribution >= 4 is 23.6 Å². The average Bonchev–Trinajstić information content (AvgIpc) is 3.19. The largest absolute Gasteiger partial charge is 0.494 e. The Morgan fingerprint density at radius 3 is 2.61 bits per heavy atom. The molecule has 1 aromatic heterocycles. The van der Waals surface area contributed by atoms with Crippen LogP contribution in [0.2, 0.25) is 0 Å². The minimum Gasteiger partial charge on any atom is -0.494 e. The maximum atomic E-state index is 13.4. The lowest BCUT2D eigenvalue weighted by atomic mass is 10.2. The summed E-state index contributed by atoms with van der Waals surface area (Å²) in [7, 11) is 1.31. The molecule has 8 nitrogen and oxygen atoms in total. The van der Waals surface area contributed by atoms with Gasteiger partial charge in [-0.3, -0.25) is 14.2 Å². The first kappa shape index (κ1) is 22.3. The summed E-state index contributed by atoms with van der Waals surface area (Å²) >= 11 is 1.16. The number of hydrogen-bond acceptors (Lipinski definition) is 7. The highest BCUT2D eigenvalue weighted by atomic mass is 32.2. The fourth-order valence-electron chi connectivity index (χ4n) is 2.70. The Labute approximate surface area is 182 Å². The van der Waals surface area contributed by atoms with Gasteiger partial charge in [0.05, 0.1) is 26.0 Å². The van der Waals surface area contributed by atoms with Gasteiger partial charge >= 0.3 is 5.97 Å². The summed E-state index contributed by atoms with van der Waals surface area (Å²) in [5, 5.41) is 11.5. The molecule has 0 radical (unpaired) electrons. The van der Waals surface area contributed by atoms with Crippen LogP contribution in [0.5, 0.6) is 5.75 Å². The number of amides is 1. The molecule has 3 aromatic rings. The first-order valence-electron chi connectivity index (χ1n) is 9.42. The van der Waals surface area contributed by atoms with E-state index in [1.807, 2.05) is 31.2 Å². The summed E-state index contributed by atoms with van der Waals surface area (Å²) in [6.07, 6.45) is 0. The van der Waals surface area contributed by atoms with E-state index in [2.05, 4.69) is 20.3 Å². The zero-order valence-electron chi connectivity index (χ0n) is 17.0. The molecule has 1 amide bonds. The third-order valence-electron chi connectivity index (χ3n) is 4.15. The second kappa shape index (κ2) is 10.6. The smallest absolute Gasteiger partial charge is 0.316 e. The van der Waals surface area contributed by atoms with Crippen LogP contribution >= 0.6 is 11.8 Å². The van der Waals surface area contributed by atoms with Gasteiger partial charge in [-0.1, -0.05) is 17.8 Å². The first-order chi connectivity index (χ1) is 15.0. The standard InChI is InChI=1S/C21H21FN4O4S/c1-3-30-17-9-7-16(8-10-17)26-18(24-25-21(26)31-13-19(27)29-2)12-23-20(28)14-5-4-6-15(22)11-14/h4-11H,3,12-13H2,1-2H3,(H,23,28). The molecule has 10 heteroatoms. The molecule has 162 valence electrons. The molecule has 0 aliphatic carbocycles. The maximum absolute atomic E-state index is 13.4. The number of aromatic nitrogens is 3. The SMILES string of the molecule is CCOc1ccc(-n2c(CNC(=O)c3cccc(F)c3)nnc2SCC(=O)OC)cc1. The van der Waals surface area contributed by atoms with Crippen molar-refractivity contribution in [3.63, 3.8) is 0 Å². The number of halogens is 1. The van der Waals surface area contributed by atoms with Gasteiger partial charge in [-0.25, -0.2) is 4.39 Å². The number of methoxy groups -OCH3 is 1. The number of ether oxygens (including phenoxy) is 2. The molecule has 0 fully saturated rings. The number of nitrogens with zero attached hydrogens (tertiary/aromatic N) is 3. The fraction of sp³-hybridized carbons (Fsp3) is 0.238. The van der Waals surface area contributed by atoms with Crippen LogP contribution in [0.3, 0.4) is 0 Å². The zero-order chi connectivity index (χ0) is 22.2. The Morgan fingerprint density at radius 1 is 1.16 bits per heavy atom. The Bertz CT molecular complexity index is 1060. The molecule has 0 aliphatic heterocycles. The van der Waals surface area contributed by atoms with E-state index in [1.165, 1.54) is 25.3 Å². The molecule has 1 heterocycles. The van der Waals surface area contributed by atoms with E-state index in [-0.39, 0.29) is 17.9 Å². The number of nitrogens with one attached hydrogen (secondary N) is 1. The lowest BCUT2D eigenvalue weighted by Gasteiger charge is -2.12. The molecule has 31 heavy (non-hydrogen) atoms. The van der Waals surface area contributed by atoms with Gasteiger partial charge < -0.3 is 14.8 Å².